The van der Waals surface area contributed by atoms with Crippen molar-refractivity contribution in [2.24, 2.45) is 29.1 Å². The fourth-order valence-electron chi connectivity index (χ4n) is 5.04. The molecule has 94 valence electrons. The summed E-state index contributed by atoms with van der Waals surface area (Å²) in [5.41, 5.74) is 0.670. The Morgan fingerprint density at radius 1 is 0.812 bits per heavy atom. The van der Waals surface area contributed by atoms with Crippen LogP contribution in [0.15, 0.2) is 0 Å². The third-order valence-electron chi connectivity index (χ3n) is 5.89. The van der Waals surface area contributed by atoms with Crippen LogP contribution in [0.1, 0.15) is 72.6 Å². The Morgan fingerprint density at radius 2 is 1.44 bits per heavy atom. The summed E-state index contributed by atoms with van der Waals surface area (Å²) in [6.07, 6.45) is 10.6. The monoisotopic (exact) mass is 222 g/mol. The molecule has 2 unspecified atom stereocenters. The number of hydrogen-bond acceptors (Lipinski definition) is 0. The first kappa shape index (κ1) is 12.5. The van der Waals surface area contributed by atoms with Gasteiger partial charge in [-0.05, 0) is 48.3 Å². The molecule has 0 aliphatic heterocycles. The van der Waals surface area contributed by atoms with E-state index in [-0.39, 0.29) is 0 Å². The Bertz CT molecular complexity index is 214. The molecule has 0 radical (unpaired) electrons. The normalized spacial score (nSPS) is 34.1. The Morgan fingerprint density at radius 3 is 2.06 bits per heavy atom. The maximum Gasteiger partial charge on any atom is -0.0220 e. The van der Waals surface area contributed by atoms with Crippen LogP contribution in [-0.2, 0) is 0 Å². The van der Waals surface area contributed by atoms with Gasteiger partial charge in [0.25, 0.3) is 0 Å². The zero-order valence-electron chi connectivity index (χ0n) is 11.8. The Labute approximate surface area is 102 Å². The molecule has 3 aliphatic rings. The van der Waals surface area contributed by atoms with Crippen molar-refractivity contribution in [2.45, 2.75) is 72.6 Å². The molecule has 2 atom stereocenters. The van der Waals surface area contributed by atoms with Gasteiger partial charge in [0, 0.05) is 0 Å². The molecular weight excluding hydrogens is 192 g/mol. The van der Waals surface area contributed by atoms with Crippen molar-refractivity contribution in [3.05, 3.63) is 0 Å². The van der Waals surface area contributed by atoms with Gasteiger partial charge in [-0.25, -0.2) is 0 Å². The van der Waals surface area contributed by atoms with E-state index in [4.69, 9.17) is 0 Å². The summed E-state index contributed by atoms with van der Waals surface area (Å²) in [6, 6.07) is 0. The first-order chi connectivity index (χ1) is 7.57. The SMILES string of the molecule is CC(C)C1(C(C)C)CC2CCCCC1CC2. The largest absolute Gasteiger partial charge is 0.0622 e. The summed E-state index contributed by atoms with van der Waals surface area (Å²) in [6.45, 7) is 9.93. The number of hydrogen-bond donors (Lipinski definition) is 0. The van der Waals surface area contributed by atoms with Crippen LogP contribution in [0, 0.1) is 29.1 Å². The summed E-state index contributed by atoms with van der Waals surface area (Å²) >= 11 is 0. The van der Waals surface area contributed by atoms with Gasteiger partial charge in [-0.1, -0.05) is 53.4 Å². The van der Waals surface area contributed by atoms with E-state index in [1.807, 2.05) is 0 Å². The lowest BCUT2D eigenvalue weighted by Gasteiger charge is -2.54. The molecule has 0 heterocycles. The molecule has 0 N–H and O–H groups in total. The standard InChI is InChI=1S/C16H30/c1-12(2)16(13(3)4)11-14-7-5-6-8-15(16)10-9-14/h12-15H,5-11H2,1-4H3. The van der Waals surface area contributed by atoms with Gasteiger partial charge < -0.3 is 0 Å². The number of fused-ring (bicyclic) bond motifs is 5. The maximum absolute atomic E-state index is 2.48. The van der Waals surface area contributed by atoms with Crippen LogP contribution >= 0.6 is 0 Å². The third kappa shape index (κ3) is 1.93. The van der Waals surface area contributed by atoms with Crippen LogP contribution in [0.5, 0.6) is 0 Å². The van der Waals surface area contributed by atoms with Gasteiger partial charge >= 0.3 is 0 Å². The highest BCUT2D eigenvalue weighted by Gasteiger charge is 2.48. The van der Waals surface area contributed by atoms with Gasteiger partial charge in [-0.15, -0.1) is 0 Å². The molecular formula is C16H30. The fraction of sp³-hybridized carbons (Fsp3) is 1.00. The molecule has 0 aromatic rings. The molecule has 3 aliphatic carbocycles. The van der Waals surface area contributed by atoms with Crippen LogP contribution in [0.4, 0.5) is 0 Å². The van der Waals surface area contributed by atoms with E-state index in [9.17, 15) is 0 Å². The van der Waals surface area contributed by atoms with Gasteiger partial charge in [-0.2, -0.15) is 0 Å². The summed E-state index contributed by atoms with van der Waals surface area (Å²) in [4.78, 5) is 0. The van der Waals surface area contributed by atoms with Crippen molar-refractivity contribution in [1.29, 1.82) is 0 Å². The molecule has 3 saturated carbocycles. The van der Waals surface area contributed by atoms with Crippen LogP contribution < -0.4 is 0 Å². The first-order valence-corrected chi connectivity index (χ1v) is 7.57. The van der Waals surface area contributed by atoms with E-state index < -0.39 is 0 Å². The van der Waals surface area contributed by atoms with Crippen LogP contribution in [-0.4, -0.2) is 0 Å². The van der Waals surface area contributed by atoms with Crippen molar-refractivity contribution in [2.75, 3.05) is 0 Å². The third-order valence-corrected chi connectivity index (χ3v) is 5.89. The zero-order chi connectivity index (χ0) is 11.8. The molecule has 0 heteroatoms. The molecule has 2 bridgehead atoms. The average molecular weight is 222 g/mol. The lowest BCUT2D eigenvalue weighted by atomic mass is 9.51. The zero-order valence-corrected chi connectivity index (χ0v) is 11.8. The van der Waals surface area contributed by atoms with Gasteiger partial charge in [0.05, 0.1) is 0 Å². The summed E-state index contributed by atoms with van der Waals surface area (Å²) in [5, 5.41) is 0. The number of rotatable bonds is 2. The van der Waals surface area contributed by atoms with E-state index in [2.05, 4.69) is 27.7 Å². The van der Waals surface area contributed by atoms with E-state index in [1.54, 1.807) is 0 Å². The topological polar surface area (TPSA) is 0 Å². The predicted molar refractivity (Wildman–Crippen MR) is 71.4 cm³/mol. The van der Waals surface area contributed by atoms with E-state index in [0.29, 0.717) is 5.41 Å². The summed E-state index contributed by atoms with van der Waals surface area (Å²) in [7, 11) is 0. The minimum Gasteiger partial charge on any atom is -0.0622 e. The first-order valence-electron chi connectivity index (χ1n) is 7.57. The highest BCUT2D eigenvalue weighted by atomic mass is 14.5. The van der Waals surface area contributed by atoms with E-state index >= 15 is 0 Å². The minimum absolute atomic E-state index is 0.670. The van der Waals surface area contributed by atoms with Crippen molar-refractivity contribution in [3.63, 3.8) is 0 Å². The van der Waals surface area contributed by atoms with E-state index in [0.717, 1.165) is 23.7 Å². The quantitative estimate of drug-likeness (QED) is 0.596. The fourth-order valence-corrected chi connectivity index (χ4v) is 5.04. The summed E-state index contributed by atoms with van der Waals surface area (Å²) in [5.74, 6) is 3.84. The van der Waals surface area contributed by atoms with Gasteiger partial charge in [0.1, 0.15) is 0 Å². The smallest absolute Gasteiger partial charge is 0.0220 e. The molecule has 0 spiro atoms. The molecule has 3 rings (SSSR count). The second kappa shape index (κ2) is 4.70. The Hall–Kier alpha value is 0. The lowest BCUT2D eigenvalue weighted by molar-refractivity contribution is -0.0468. The molecule has 0 aromatic carbocycles. The van der Waals surface area contributed by atoms with Crippen molar-refractivity contribution in [1.82, 2.24) is 0 Å². The predicted octanol–water partition coefficient (Wildman–Crippen LogP) is 5.28. The van der Waals surface area contributed by atoms with Crippen LogP contribution in [0.3, 0.4) is 0 Å². The van der Waals surface area contributed by atoms with Crippen LogP contribution in [0.2, 0.25) is 0 Å². The molecule has 0 nitrogen and oxygen atoms in total. The highest BCUT2D eigenvalue weighted by Crippen LogP contribution is 2.56. The Balaban J connectivity index is 2.28. The van der Waals surface area contributed by atoms with Gasteiger partial charge in [0.2, 0.25) is 0 Å². The lowest BCUT2D eigenvalue weighted by Crippen LogP contribution is -2.46. The molecule has 0 saturated heterocycles. The molecule has 0 amide bonds. The highest BCUT2D eigenvalue weighted by molar-refractivity contribution is 4.97. The van der Waals surface area contributed by atoms with Crippen molar-refractivity contribution < 1.29 is 0 Å². The van der Waals surface area contributed by atoms with Gasteiger partial charge in [0.15, 0.2) is 0 Å². The Kier molecular flexibility index (Phi) is 3.66. The maximum atomic E-state index is 2.48. The van der Waals surface area contributed by atoms with Crippen molar-refractivity contribution in [3.8, 4) is 0 Å². The van der Waals surface area contributed by atoms with Gasteiger partial charge in [-0.3, -0.25) is 0 Å². The van der Waals surface area contributed by atoms with Crippen LogP contribution in [0.25, 0.3) is 0 Å². The minimum atomic E-state index is 0.670. The summed E-state index contributed by atoms with van der Waals surface area (Å²) < 4.78 is 0. The average Bonchev–Trinajstić information content (AvgIpc) is 2.17. The second-order valence-electron chi connectivity index (χ2n) is 7.05. The second-order valence-corrected chi connectivity index (χ2v) is 7.05. The molecule has 3 fully saturated rings. The van der Waals surface area contributed by atoms with E-state index in [1.165, 1.54) is 44.9 Å². The van der Waals surface area contributed by atoms with Crippen molar-refractivity contribution >= 4 is 0 Å². The molecule has 16 heavy (non-hydrogen) atoms. The molecule has 0 aromatic heterocycles.